The van der Waals surface area contributed by atoms with Gasteiger partial charge in [-0.25, -0.2) is 4.68 Å². The number of hydrogen-bond donors (Lipinski definition) is 0. The molecule has 6 heteroatoms. The van der Waals surface area contributed by atoms with Gasteiger partial charge in [0.25, 0.3) is 0 Å². The van der Waals surface area contributed by atoms with Gasteiger partial charge < -0.3 is 9.64 Å². The standard InChI is InChI=1S/C15H20N4O2/c1-11-9-12(21-2)7-8-18(11)15(20)10-19-14-6-4-3-5-13(14)16-17-19/h3-6,11-12H,7-10H2,1-2H3. The highest BCUT2D eigenvalue weighted by Crippen LogP contribution is 2.20. The van der Waals surface area contributed by atoms with E-state index in [0.29, 0.717) is 0 Å². The highest BCUT2D eigenvalue weighted by atomic mass is 16.5. The lowest BCUT2D eigenvalue weighted by molar-refractivity contribution is -0.137. The molecule has 6 nitrogen and oxygen atoms in total. The zero-order valence-corrected chi connectivity index (χ0v) is 12.4. The van der Waals surface area contributed by atoms with Crippen LogP contribution in [0.1, 0.15) is 19.8 Å². The molecule has 0 spiro atoms. The molecule has 0 saturated carbocycles. The number of benzene rings is 1. The Morgan fingerprint density at radius 3 is 3.00 bits per heavy atom. The van der Waals surface area contributed by atoms with E-state index in [1.807, 2.05) is 29.2 Å². The van der Waals surface area contributed by atoms with E-state index >= 15 is 0 Å². The van der Waals surface area contributed by atoms with Gasteiger partial charge in [0, 0.05) is 19.7 Å². The van der Waals surface area contributed by atoms with Gasteiger partial charge in [0.1, 0.15) is 12.1 Å². The Morgan fingerprint density at radius 1 is 1.43 bits per heavy atom. The lowest BCUT2D eigenvalue weighted by Gasteiger charge is -2.37. The van der Waals surface area contributed by atoms with Crippen molar-refractivity contribution in [1.29, 1.82) is 0 Å². The van der Waals surface area contributed by atoms with Crippen LogP contribution in [-0.2, 0) is 16.1 Å². The van der Waals surface area contributed by atoms with Crippen LogP contribution >= 0.6 is 0 Å². The molecule has 1 aromatic heterocycles. The largest absolute Gasteiger partial charge is 0.381 e. The summed E-state index contributed by atoms with van der Waals surface area (Å²) < 4.78 is 7.06. The number of hydrogen-bond acceptors (Lipinski definition) is 4. The monoisotopic (exact) mass is 288 g/mol. The van der Waals surface area contributed by atoms with Gasteiger partial charge in [-0.2, -0.15) is 0 Å². The van der Waals surface area contributed by atoms with E-state index in [2.05, 4.69) is 17.2 Å². The molecule has 2 atom stereocenters. The molecular weight excluding hydrogens is 268 g/mol. The first kappa shape index (κ1) is 14.0. The predicted molar refractivity (Wildman–Crippen MR) is 78.7 cm³/mol. The van der Waals surface area contributed by atoms with E-state index in [1.54, 1.807) is 11.8 Å². The molecule has 3 rings (SSSR count). The van der Waals surface area contributed by atoms with Crippen LogP contribution in [0.15, 0.2) is 24.3 Å². The lowest BCUT2D eigenvalue weighted by Crippen LogP contribution is -2.47. The maximum atomic E-state index is 12.5. The minimum absolute atomic E-state index is 0.0905. The van der Waals surface area contributed by atoms with Gasteiger partial charge in [0.2, 0.25) is 5.91 Å². The molecular formula is C15H20N4O2. The van der Waals surface area contributed by atoms with Crippen LogP contribution in [-0.4, -0.2) is 51.6 Å². The highest BCUT2D eigenvalue weighted by molar-refractivity contribution is 5.80. The van der Waals surface area contributed by atoms with Crippen LogP contribution in [0, 0.1) is 0 Å². The zero-order chi connectivity index (χ0) is 14.8. The Balaban J connectivity index is 1.72. The fourth-order valence-corrected chi connectivity index (χ4v) is 2.97. The average Bonchev–Trinajstić information content (AvgIpc) is 2.90. The number of ether oxygens (including phenoxy) is 1. The Morgan fingerprint density at radius 2 is 2.24 bits per heavy atom. The molecule has 1 amide bonds. The third-order valence-electron chi connectivity index (χ3n) is 4.19. The van der Waals surface area contributed by atoms with Crippen molar-refractivity contribution in [1.82, 2.24) is 19.9 Å². The second-order valence-electron chi connectivity index (χ2n) is 5.55. The Bertz CT molecular complexity index is 639. The molecule has 0 bridgehead atoms. The van der Waals surface area contributed by atoms with Gasteiger partial charge >= 0.3 is 0 Å². The molecule has 21 heavy (non-hydrogen) atoms. The number of aromatic nitrogens is 3. The molecule has 1 fully saturated rings. The van der Waals surface area contributed by atoms with E-state index in [1.165, 1.54) is 0 Å². The van der Waals surface area contributed by atoms with Gasteiger partial charge in [0.15, 0.2) is 0 Å². The summed E-state index contributed by atoms with van der Waals surface area (Å²) in [5.41, 5.74) is 1.71. The van der Waals surface area contributed by atoms with Crippen molar-refractivity contribution in [2.45, 2.75) is 38.5 Å². The minimum atomic E-state index is 0.0905. The second-order valence-corrected chi connectivity index (χ2v) is 5.55. The molecule has 0 radical (unpaired) electrons. The molecule has 0 aliphatic carbocycles. The highest BCUT2D eigenvalue weighted by Gasteiger charge is 2.29. The lowest BCUT2D eigenvalue weighted by atomic mass is 10.0. The second kappa shape index (κ2) is 5.81. The SMILES string of the molecule is COC1CCN(C(=O)Cn2nnc3ccccc32)C(C)C1. The molecule has 112 valence electrons. The number of fused-ring (bicyclic) bond motifs is 1. The molecule has 2 heterocycles. The first-order valence-corrected chi connectivity index (χ1v) is 7.29. The van der Waals surface area contributed by atoms with Crippen LogP contribution in [0.4, 0.5) is 0 Å². The maximum Gasteiger partial charge on any atom is 0.244 e. The first-order chi connectivity index (χ1) is 10.2. The number of amides is 1. The van der Waals surface area contributed by atoms with Crippen molar-refractivity contribution in [3.8, 4) is 0 Å². The first-order valence-electron chi connectivity index (χ1n) is 7.29. The normalized spacial score (nSPS) is 22.7. The van der Waals surface area contributed by atoms with Crippen LogP contribution in [0.3, 0.4) is 0 Å². The molecule has 1 aliphatic rings. The van der Waals surface area contributed by atoms with E-state index in [0.717, 1.165) is 30.4 Å². The zero-order valence-electron chi connectivity index (χ0n) is 12.4. The fraction of sp³-hybridized carbons (Fsp3) is 0.533. The van der Waals surface area contributed by atoms with Gasteiger partial charge in [0.05, 0.1) is 11.6 Å². The topological polar surface area (TPSA) is 60.2 Å². The summed E-state index contributed by atoms with van der Waals surface area (Å²) in [5, 5.41) is 8.16. The maximum absolute atomic E-state index is 12.5. The third kappa shape index (κ3) is 2.76. The molecule has 1 aromatic carbocycles. The van der Waals surface area contributed by atoms with Gasteiger partial charge in [-0.15, -0.1) is 5.10 Å². The summed E-state index contributed by atoms with van der Waals surface area (Å²) in [6, 6.07) is 7.88. The Kier molecular flexibility index (Phi) is 3.88. The van der Waals surface area contributed by atoms with Crippen LogP contribution in [0.5, 0.6) is 0 Å². The molecule has 1 saturated heterocycles. The van der Waals surface area contributed by atoms with Crippen LogP contribution < -0.4 is 0 Å². The van der Waals surface area contributed by atoms with E-state index in [4.69, 9.17) is 4.74 Å². The summed E-state index contributed by atoms with van der Waals surface area (Å²) in [7, 11) is 1.73. The molecule has 0 N–H and O–H groups in total. The van der Waals surface area contributed by atoms with Gasteiger partial charge in [-0.05, 0) is 31.9 Å². The smallest absolute Gasteiger partial charge is 0.244 e. The average molecular weight is 288 g/mol. The number of para-hydroxylation sites is 1. The van der Waals surface area contributed by atoms with Crippen molar-refractivity contribution in [2.75, 3.05) is 13.7 Å². The number of piperidine rings is 1. The van der Waals surface area contributed by atoms with Gasteiger partial charge in [-0.1, -0.05) is 17.3 Å². The number of likely N-dealkylation sites (tertiary alicyclic amines) is 1. The van der Waals surface area contributed by atoms with Gasteiger partial charge in [-0.3, -0.25) is 4.79 Å². The molecule has 1 aliphatic heterocycles. The third-order valence-corrected chi connectivity index (χ3v) is 4.19. The van der Waals surface area contributed by atoms with Crippen LogP contribution in [0.25, 0.3) is 11.0 Å². The summed E-state index contributed by atoms with van der Waals surface area (Å²) in [6.07, 6.45) is 2.04. The van der Waals surface area contributed by atoms with Crippen molar-refractivity contribution < 1.29 is 9.53 Å². The molecule has 2 unspecified atom stereocenters. The quantitative estimate of drug-likeness (QED) is 0.858. The number of carbonyl (C=O) groups excluding carboxylic acids is 1. The van der Waals surface area contributed by atoms with Crippen molar-refractivity contribution in [2.24, 2.45) is 0 Å². The fourth-order valence-electron chi connectivity index (χ4n) is 2.97. The summed E-state index contributed by atoms with van der Waals surface area (Å²) in [6.45, 7) is 3.05. The summed E-state index contributed by atoms with van der Waals surface area (Å²) >= 11 is 0. The minimum Gasteiger partial charge on any atom is -0.381 e. The van der Waals surface area contributed by atoms with Crippen molar-refractivity contribution in [3.05, 3.63) is 24.3 Å². The predicted octanol–water partition coefficient (Wildman–Crippen LogP) is 1.46. The molecule has 2 aromatic rings. The van der Waals surface area contributed by atoms with Crippen LogP contribution in [0.2, 0.25) is 0 Å². The van der Waals surface area contributed by atoms with Crippen molar-refractivity contribution >= 4 is 16.9 Å². The Hall–Kier alpha value is -1.95. The number of rotatable bonds is 3. The number of carbonyl (C=O) groups is 1. The van der Waals surface area contributed by atoms with E-state index < -0.39 is 0 Å². The Labute approximate surface area is 123 Å². The van der Waals surface area contributed by atoms with Crippen molar-refractivity contribution in [3.63, 3.8) is 0 Å². The summed E-state index contributed by atoms with van der Waals surface area (Å²) in [5.74, 6) is 0.0905. The summed E-state index contributed by atoms with van der Waals surface area (Å²) in [4.78, 5) is 14.4. The van der Waals surface area contributed by atoms with E-state index in [9.17, 15) is 4.79 Å². The van der Waals surface area contributed by atoms with E-state index in [-0.39, 0.29) is 24.6 Å². The number of methoxy groups -OCH3 is 1. The number of nitrogens with zero attached hydrogens (tertiary/aromatic N) is 4.